The van der Waals surface area contributed by atoms with E-state index in [0.717, 1.165) is 48.0 Å². The van der Waals surface area contributed by atoms with Gasteiger partial charge >= 0.3 is 17.9 Å². The maximum Gasteiger partial charge on any atom is 0.336 e. The summed E-state index contributed by atoms with van der Waals surface area (Å²) in [5.74, 6) is -8.88. The number of aryl methyl sites for hydroxylation is 1. The Morgan fingerprint density at radius 3 is 2.14 bits per heavy atom. The van der Waals surface area contributed by atoms with E-state index in [0.29, 0.717) is 18.1 Å². The van der Waals surface area contributed by atoms with Crippen LogP contribution in [0.3, 0.4) is 0 Å². The number of aromatic hydroxyl groups is 4. The van der Waals surface area contributed by atoms with Crippen molar-refractivity contribution in [1.29, 1.82) is 0 Å². The van der Waals surface area contributed by atoms with E-state index >= 15 is 0 Å². The Morgan fingerprint density at radius 2 is 1.53 bits per heavy atom. The number of carboxylic acids is 1. The zero-order valence-corrected chi connectivity index (χ0v) is 26.1. The highest BCUT2D eigenvalue weighted by Gasteiger charge is 2.66. The second-order valence-electron chi connectivity index (χ2n) is 11.6. The third kappa shape index (κ3) is 7.78. The number of ether oxygens (including phenoxy) is 2. The fourth-order valence-corrected chi connectivity index (χ4v) is 5.75. The highest BCUT2D eigenvalue weighted by atomic mass is 16.6. The van der Waals surface area contributed by atoms with Gasteiger partial charge in [-0.05, 0) is 65.9 Å². The fourth-order valence-electron chi connectivity index (χ4n) is 5.75. The van der Waals surface area contributed by atoms with E-state index in [4.69, 9.17) is 9.47 Å². The zero-order valence-electron chi connectivity index (χ0n) is 26.1. The Balaban J connectivity index is 1.80. The lowest BCUT2D eigenvalue weighted by Gasteiger charge is -2.52. The molecule has 4 rings (SSSR count). The molecule has 1 saturated carbocycles. The third-order valence-corrected chi connectivity index (χ3v) is 8.47. The van der Waals surface area contributed by atoms with Crippen LogP contribution in [-0.4, -0.2) is 93.9 Å². The number of aliphatic carboxylic acids is 1. The maximum atomic E-state index is 13.3. The minimum atomic E-state index is -2.80. The molecule has 1 aliphatic rings. The van der Waals surface area contributed by atoms with Crippen LogP contribution in [0.5, 0.6) is 23.0 Å². The lowest BCUT2D eigenvalue weighted by molar-refractivity contribution is -0.266. The number of carbonyl (C=O) groups is 3. The van der Waals surface area contributed by atoms with Gasteiger partial charge in [-0.3, -0.25) is 0 Å². The van der Waals surface area contributed by atoms with E-state index in [9.17, 15) is 60.3 Å². The first-order valence-electron chi connectivity index (χ1n) is 15.0. The van der Waals surface area contributed by atoms with Crippen molar-refractivity contribution in [2.45, 2.75) is 49.6 Å². The molecule has 1 aliphatic carbocycles. The van der Waals surface area contributed by atoms with Crippen LogP contribution < -0.4 is 0 Å². The van der Waals surface area contributed by atoms with E-state index in [1.807, 2.05) is 13.0 Å². The SMILES string of the molecule is CCc1cccc(CC2C(OC(=O)C=C(O)c3ccc(O)c(O)c3)C(CO)(OC(=O)C=Cc3ccc(O)c(O)c3)C(O)CC2(O)C(=O)O)c1. The molecule has 1 fully saturated rings. The summed E-state index contributed by atoms with van der Waals surface area (Å²) >= 11 is 0. The average Bonchev–Trinajstić information content (AvgIpc) is 3.06. The van der Waals surface area contributed by atoms with Gasteiger partial charge in [-0.15, -0.1) is 0 Å². The number of aliphatic hydroxyl groups is 4. The number of hydrogen-bond donors (Lipinski definition) is 9. The lowest BCUT2D eigenvalue weighted by atomic mass is 9.63. The molecule has 0 aromatic heterocycles. The molecule has 0 amide bonds. The summed E-state index contributed by atoms with van der Waals surface area (Å²) in [6, 6.07) is 13.6. The average molecular weight is 681 g/mol. The first-order chi connectivity index (χ1) is 23.1. The van der Waals surface area contributed by atoms with Crippen LogP contribution in [0.15, 0.2) is 72.8 Å². The summed E-state index contributed by atoms with van der Waals surface area (Å²) in [6.07, 6.45) is -2.34. The Hall–Kier alpha value is -5.57. The number of esters is 2. The number of rotatable bonds is 11. The molecule has 14 nitrogen and oxygen atoms in total. The van der Waals surface area contributed by atoms with Crippen LogP contribution in [0, 0.1) is 5.92 Å². The molecule has 5 atom stereocenters. The molecule has 0 radical (unpaired) electrons. The highest BCUT2D eigenvalue weighted by Crippen LogP contribution is 2.46. The zero-order chi connectivity index (χ0) is 36.1. The van der Waals surface area contributed by atoms with Gasteiger partial charge in [0.2, 0.25) is 0 Å². The Morgan fingerprint density at radius 1 is 0.878 bits per heavy atom. The quantitative estimate of drug-likeness (QED) is 0.0610. The van der Waals surface area contributed by atoms with Crippen LogP contribution in [0.4, 0.5) is 0 Å². The summed E-state index contributed by atoms with van der Waals surface area (Å²) in [5, 5.41) is 93.1. The molecule has 9 N–H and O–H groups in total. The summed E-state index contributed by atoms with van der Waals surface area (Å²) < 4.78 is 11.2. The van der Waals surface area contributed by atoms with Crippen molar-refractivity contribution in [3.8, 4) is 23.0 Å². The Labute approximate surface area is 279 Å². The van der Waals surface area contributed by atoms with E-state index in [1.165, 1.54) is 6.07 Å². The van der Waals surface area contributed by atoms with Crippen LogP contribution in [0.2, 0.25) is 0 Å². The van der Waals surface area contributed by atoms with Crippen molar-refractivity contribution < 1.29 is 69.8 Å². The van der Waals surface area contributed by atoms with Gasteiger partial charge in [0, 0.05) is 24.0 Å². The van der Waals surface area contributed by atoms with Gasteiger partial charge in [-0.1, -0.05) is 37.3 Å². The number of benzene rings is 3. The van der Waals surface area contributed by atoms with E-state index in [1.54, 1.807) is 18.2 Å². The van der Waals surface area contributed by atoms with Gasteiger partial charge in [0.15, 0.2) is 40.3 Å². The molecule has 49 heavy (non-hydrogen) atoms. The number of phenols is 4. The standard InChI is InChI=1S/C35H36O14/c1-2-19-4-3-5-21(12-19)13-23-32(48-31(44)16-26(39)22-8-10-25(38)28(41)15-22)35(18-36,29(42)17-34(23,47)33(45)46)49-30(43)11-7-20-6-9-24(37)27(40)14-20/h3-12,14-16,23,29,32,36-42,47H,2,13,17-18H2,1H3,(H,45,46). The van der Waals surface area contributed by atoms with Crippen molar-refractivity contribution in [3.05, 3.63) is 95.1 Å². The molecular formula is C35H36O14. The molecule has 3 aromatic rings. The minimum absolute atomic E-state index is 0.142. The predicted octanol–water partition coefficient (Wildman–Crippen LogP) is 2.31. The van der Waals surface area contributed by atoms with Gasteiger partial charge in [-0.25, -0.2) is 14.4 Å². The van der Waals surface area contributed by atoms with Crippen molar-refractivity contribution in [3.63, 3.8) is 0 Å². The van der Waals surface area contributed by atoms with Gasteiger partial charge in [0.05, 0.1) is 12.7 Å². The molecule has 260 valence electrons. The maximum absolute atomic E-state index is 13.3. The predicted molar refractivity (Wildman–Crippen MR) is 171 cm³/mol. The Bertz CT molecular complexity index is 1780. The van der Waals surface area contributed by atoms with Gasteiger partial charge in [0.1, 0.15) is 11.9 Å². The van der Waals surface area contributed by atoms with Crippen molar-refractivity contribution >= 4 is 29.7 Å². The number of hydrogen-bond acceptors (Lipinski definition) is 13. The third-order valence-electron chi connectivity index (χ3n) is 8.47. The molecule has 0 heterocycles. The minimum Gasteiger partial charge on any atom is -0.507 e. The summed E-state index contributed by atoms with van der Waals surface area (Å²) in [5.41, 5.74) is -3.96. The molecule has 0 saturated heterocycles. The first kappa shape index (κ1) is 36.3. The summed E-state index contributed by atoms with van der Waals surface area (Å²) in [4.78, 5) is 39.1. The summed E-state index contributed by atoms with van der Waals surface area (Å²) in [7, 11) is 0. The highest BCUT2D eigenvalue weighted by molar-refractivity contribution is 5.90. The lowest BCUT2D eigenvalue weighted by Crippen LogP contribution is -2.72. The van der Waals surface area contributed by atoms with Crippen LogP contribution in [-0.2, 0) is 36.7 Å². The molecule has 5 unspecified atom stereocenters. The number of aliphatic hydroxyl groups excluding tert-OH is 3. The number of phenolic OH excluding ortho intramolecular Hbond substituents is 4. The van der Waals surface area contributed by atoms with E-state index < -0.39 is 89.0 Å². The molecule has 0 aliphatic heterocycles. The molecule has 0 spiro atoms. The van der Waals surface area contributed by atoms with Crippen LogP contribution in [0.1, 0.15) is 35.6 Å². The Kier molecular flexibility index (Phi) is 10.9. The van der Waals surface area contributed by atoms with Crippen molar-refractivity contribution in [2.24, 2.45) is 5.92 Å². The number of carboxylic acid groups (broad SMARTS) is 1. The van der Waals surface area contributed by atoms with Crippen molar-refractivity contribution in [1.82, 2.24) is 0 Å². The fraction of sp³-hybridized carbons (Fsp3) is 0.286. The van der Waals surface area contributed by atoms with Crippen molar-refractivity contribution in [2.75, 3.05) is 6.61 Å². The molecule has 3 aromatic carbocycles. The topological polar surface area (TPSA) is 252 Å². The van der Waals surface area contributed by atoms with Gasteiger partial charge in [-0.2, -0.15) is 0 Å². The first-order valence-corrected chi connectivity index (χ1v) is 15.0. The normalized spacial score (nSPS) is 24.0. The van der Waals surface area contributed by atoms with Crippen LogP contribution >= 0.6 is 0 Å². The summed E-state index contributed by atoms with van der Waals surface area (Å²) in [6.45, 7) is 0.651. The second-order valence-corrected chi connectivity index (χ2v) is 11.6. The molecule has 0 bridgehead atoms. The molecular weight excluding hydrogens is 644 g/mol. The van der Waals surface area contributed by atoms with Gasteiger partial charge in [0.25, 0.3) is 0 Å². The monoisotopic (exact) mass is 680 g/mol. The number of carbonyl (C=O) groups excluding carboxylic acids is 2. The van der Waals surface area contributed by atoms with Gasteiger partial charge < -0.3 is 55.4 Å². The smallest absolute Gasteiger partial charge is 0.336 e. The van der Waals surface area contributed by atoms with E-state index in [2.05, 4.69) is 0 Å². The largest absolute Gasteiger partial charge is 0.507 e. The second kappa shape index (κ2) is 14.7. The van der Waals surface area contributed by atoms with Crippen LogP contribution in [0.25, 0.3) is 11.8 Å². The molecule has 14 heteroatoms. The van der Waals surface area contributed by atoms with E-state index in [-0.39, 0.29) is 17.5 Å².